The van der Waals surface area contributed by atoms with Gasteiger partial charge in [-0.15, -0.1) is 0 Å². The van der Waals surface area contributed by atoms with Gasteiger partial charge in [0.25, 0.3) is 5.91 Å². The molecule has 0 unspecified atom stereocenters. The number of hydrogen-bond donors (Lipinski definition) is 2. The highest BCUT2D eigenvalue weighted by molar-refractivity contribution is 7.80. The molecule has 0 aliphatic heterocycles. The molecule has 5 heteroatoms. The second-order valence-corrected chi connectivity index (χ2v) is 5.13. The number of halogens is 1. The second-order valence-electron chi connectivity index (χ2n) is 4.25. The number of carbonyl (C=O) groups excluding carboxylic acids is 1. The van der Waals surface area contributed by atoms with Crippen LogP contribution in [0.3, 0.4) is 0 Å². The molecule has 2 aromatic rings. The zero-order valence-electron chi connectivity index (χ0n) is 10.6. The Bertz CT molecular complexity index is 623. The Hall–Kier alpha value is -1.91. The topological polar surface area (TPSA) is 55.1 Å². The van der Waals surface area contributed by atoms with Crippen molar-refractivity contribution in [3.63, 3.8) is 0 Å². The molecule has 2 aromatic carbocycles. The number of carbonyl (C=O) groups is 1. The minimum Gasteiger partial charge on any atom is -0.389 e. The van der Waals surface area contributed by atoms with Crippen LogP contribution in [0, 0.1) is 0 Å². The number of benzene rings is 2. The summed E-state index contributed by atoms with van der Waals surface area (Å²) in [7, 11) is 0. The smallest absolute Gasteiger partial charge is 0.251 e. The molecular formula is C15H13ClN2OS. The highest BCUT2D eigenvalue weighted by atomic mass is 35.5. The summed E-state index contributed by atoms with van der Waals surface area (Å²) in [5, 5.41) is 3.51. The molecule has 20 heavy (non-hydrogen) atoms. The molecule has 0 fully saturated rings. The highest BCUT2D eigenvalue weighted by Crippen LogP contribution is 2.10. The molecule has 0 bridgehead atoms. The van der Waals surface area contributed by atoms with Gasteiger partial charge in [-0.25, -0.2) is 0 Å². The molecule has 102 valence electrons. The fourth-order valence-electron chi connectivity index (χ4n) is 1.67. The maximum absolute atomic E-state index is 12.0. The van der Waals surface area contributed by atoms with Crippen LogP contribution in [0.15, 0.2) is 48.5 Å². The third-order valence-electron chi connectivity index (χ3n) is 2.80. The molecule has 0 spiro atoms. The fourth-order valence-corrected chi connectivity index (χ4v) is 1.93. The van der Waals surface area contributed by atoms with Crippen LogP contribution in [0.1, 0.15) is 21.5 Å². The summed E-state index contributed by atoms with van der Waals surface area (Å²) in [5.41, 5.74) is 7.81. The van der Waals surface area contributed by atoms with Gasteiger partial charge in [0.15, 0.2) is 0 Å². The SMILES string of the molecule is NC(=S)c1ccc(C(=O)NCc2ccc(Cl)cc2)cc1. The lowest BCUT2D eigenvalue weighted by Crippen LogP contribution is -2.22. The summed E-state index contributed by atoms with van der Waals surface area (Å²) >= 11 is 10.7. The zero-order valence-corrected chi connectivity index (χ0v) is 12.2. The second kappa shape index (κ2) is 6.50. The largest absolute Gasteiger partial charge is 0.389 e. The summed E-state index contributed by atoms with van der Waals surface area (Å²) in [6, 6.07) is 14.2. The van der Waals surface area contributed by atoms with Gasteiger partial charge in [0.2, 0.25) is 0 Å². The van der Waals surface area contributed by atoms with Crippen LogP contribution < -0.4 is 11.1 Å². The quantitative estimate of drug-likeness (QED) is 0.854. The minimum absolute atomic E-state index is 0.144. The third-order valence-corrected chi connectivity index (χ3v) is 3.29. The van der Waals surface area contributed by atoms with Crippen molar-refractivity contribution in [2.75, 3.05) is 0 Å². The minimum atomic E-state index is -0.144. The number of amides is 1. The van der Waals surface area contributed by atoms with Crippen molar-refractivity contribution in [3.8, 4) is 0 Å². The van der Waals surface area contributed by atoms with Gasteiger partial charge >= 0.3 is 0 Å². The first kappa shape index (κ1) is 14.5. The highest BCUT2D eigenvalue weighted by Gasteiger charge is 2.05. The van der Waals surface area contributed by atoms with E-state index in [2.05, 4.69) is 5.32 Å². The van der Waals surface area contributed by atoms with E-state index >= 15 is 0 Å². The maximum Gasteiger partial charge on any atom is 0.251 e. The predicted octanol–water partition coefficient (Wildman–Crippen LogP) is 2.90. The lowest BCUT2D eigenvalue weighted by Gasteiger charge is -2.06. The summed E-state index contributed by atoms with van der Waals surface area (Å²) < 4.78 is 0. The van der Waals surface area contributed by atoms with Crippen LogP contribution in [-0.2, 0) is 6.54 Å². The van der Waals surface area contributed by atoms with E-state index in [0.29, 0.717) is 22.1 Å². The van der Waals surface area contributed by atoms with E-state index in [-0.39, 0.29) is 5.91 Å². The van der Waals surface area contributed by atoms with Gasteiger partial charge in [-0.1, -0.05) is 48.1 Å². The molecule has 3 N–H and O–H groups in total. The van der Waals surface area contributed by atoms with Crippen molar-refractivity contribution in [2.24, 2.45) is 5.73 Å². The first-order chi connectivity index (χ1) is 9.56. The van der Waals surface area contributed by atoms with E-state index in [1.54, 1.807) is 36.4 Å². The Morgan fingerprint density at radius 1 is 1.05 bits per heavy atom. The number of hydrogen-bond acceptors (Lipinski definition) is 2. The summed E-state index contributed by atoms with van der Waals surface area (Å²) in [6.07, 6.45) is 0. The van der Waals surface area contributed by atoms with Gasteiger partial charge in [-0.05, 0) is 29.8 Å². The van der Waals surface area contributed by atoms with Crippen LogP contribution in [0.4, 0.5) is 0 Å². The van der Waals surface area contributed by atoms with E-state index in [1.807, 2.05) is 12.1 Å². The van der Waals surface area contributed by atoms with Crippen molar-refractivity contribution in [2.45, 2.75) is 6.54 Å². The van der Waals surface area contributed by atoms with Gasteiger partial charge in [-0.2, -0.15) is 0 Å². The van der Waals surface area contributed by atoms with Gasteiger partial charge in [-0.3, -0.25) is 4.79 Å². The molecule has 0 aliphatic rings. The van der Waals surface area contributed by atoms with Crippen molar-refractivity contribution in [3.05, 3.63) is 70.2 Å². The zero-order chi connectivity index (χ0) is 14.5. The molecule has 1 amide bonds. The summed E-state index contributed by atoms with van der Waals surface area (Å²) in [6.45, 7) is 0.451. The molecule has 0 saturated carbocycles. The van der Waals surface area contributed by atoms with Gasteiger partial charge in [0, 0.05) is 22.7 Å². The standard InChI is InChI=1S/C15H13ClN2OS/c16-13-7-1-10(2-8-13)9-18-15(19)12-5-3-11(4-6-12)14(17)20/h1-8H,9H2,(H2,17,20)(H,18,19). The van der Waals surface area contributed by atoms with Gasteiger partial charge in [0.05, 0.1) is 0 Å². The Kier molecular flexibility index (Phi) is 4.71. The van der Waals surface area contributed by atoms with E-state index in [1.165, 1.54) is 0 Å². The lowest BCUT2D eigenvalue weighted by molar-refractivity contribution is 0.0951. The van der Waals surface area contributed by atoms with Crippen LogP contribution in [0.2, 0.25) is 5.02 Å². The first-order valence-electron chi connectivity index (χ1n) is 5.99. The maximum atomic E-state index is 12.0. The summed E-state index contributed by atoms with van der Waals surface area (Å²) in [4.78, 5) is 12.3. The van der Waals surface area contributed by atoms with Crippen molar-refractivity contribution >= 4 is 34.7 Å². The monoisotopic (exact) mass is 304 g/mol. The molecule has 0 aromatic heterocycles. The molecular weight excluding hydrogens is 292 g/mol. The molecule has 0 heterocycles. The normalized spacial score (nSPS) is 10.1. The third kappa shape index (κ3) is 3.79. The van der Waals surface area contributed by atoms with Gasteiger partial charge < -0.3 is 11.1 Å². The van der Waals surface area contributed by atoms with Crippen molar-refractivity contribution < 1.29 is 4.79 Å². The Morgan fingerprint density at radius 3 is 2.15 bits per heavy atom. The van der Waals surface area contributed by atoms with E-state index in [4.69, 9.17) is 29.6 Å². The number of nitrogens with two attached hydrogens (primary N) is 1. The van der Waals surface area contributed by atoms with Crippen molar-refractivity contribution in [1.82, 2.24) is 5.32 Å². The molecule has 2 rings (SSSR count). The van der Waals surface area contributed by atoms with Crippen molar-refractivity contribution in [1.29, 1.82) is 0 Å². The predicted molar refractivity (Wildman–Crippen MR) is 85.0 cm³/mol. The average Bonchev–Trinajstić information content (AvgIpc) is 2.46. The van der Waals surface area contributed by atoms with Crippen LogP contribution in [0.25, 0.3) is 0 Å². The number of nitrogens with one attached hydrogen (secondary N) is 1. The molecule has 0 radical (unpaired) electrons. The van der Waals surface area contributed by atoms with E-state index in [0.717, 1.165) is 11.1 Å². The van der Waals surface area contributed by atoms with Crippen LogP contribution in [-0.4, -0.2) is 10.9 Å². The molecule has 0 aliphatic carbocycles. The Morgan fingerprint density at radius 2 is 1.60 bits per heavy atom. The number of thiocarbonyl (C=S) groups is 1. The first-order valence-corrected chi connectivity index (χ1v) is 6.77. The van der Waals surface area contributed by atoms with Crippen LogP contribution >= 0.6 is 23.8 Å². The Balaban J connectivity index is 1.97. The summed E-state index contributed by atoms with van der Waals surface area (Å²) in [5.74, 6) is -0.144. The fraction of sp³-hybridized carbons (Fsp3) is 0.0667. The Labute approximate surface area is 127 Å². The molecule has 3 nitrogen and oxygen atoms in total. The number of rotatable bonds is 4. The van der Waals surface area contributed by atoms with E-state index in [9.17, 15) is 4.79 Å². The van der Waals surface area contributed by atoms with Crippen LogP contribution in [0.5, 0.6) is 0 Å². The average molecular weight is 305 g/mol. The lowest BCUT2D eigenvalue weighted by atomic mass is 10.1. The molecule has 0 saturated heterocycles. The van der Waals surface area contributed by atoms with Gasteiger partial charge in [0.1, 0.15) is 4.99 Å². The molecule has 0 atom stereocenters. The van der Waals surface area contributed by atoms with E-state index < -0.39 is 0 Å².